The fourth-order valence-electron chi connectivity index (χ4n) is 3.21. The lowest BCUT2D eigenvalue weighted by atomic mass is 10.1. The Morgan fingerprint density at radius 3 is 2.46 bits per heavy atom. The summed E-state index contributed by atoms with van der Waals surface area (Å²) >= 11 is 0. The Kier molecular flexibility index (Phi) is 16.2. The van der Waals surface area contributed by atoms with Crippen LogP contribution in [-0.4, -0.2) is 55.0 Å². The number of unbranched alkanes of at least 4 members (excludes halogenated alkanes) is 3. The Hall–Kier alpha value is -2.56. The molecule has 0 saturated carbocycles. The summed E-state index contributed by atoms with van der Waals surface area (Å²) in [6, 6.07) is 13.3. The van der Waals surface area contributed by atoms with Crippen molar-refractivity contribution in [2.45, 2.75) is 56.9 Å². The normalized spacial score (nSPS) is 11.2. The molecule has 0 fully saturated rings. The highest BCUT2D eigenvalue weighted by Crippen LogP contribution is 2.29. The van der Waals surface area contributed by atoms with Crippen LogP contribution in [0.15, 0.2) is 58.8 Å². The van der Waals surface area contributed by atoms with Crippen LogP contribution in [-0.2, 0) is 9.59 Å². The second-order valence-electron chi connectivity index (χ2n) is 8.40. The van der Waals surface area contributed by atoms with Gasteiger partial charge in [-0.1, -0.05) is 29.7 Å². The van der Waals surface area contributed by atoms with Gasteiger partial charge < -0.3 is 15.4 Å². The third-order valence-corrected chi connectivity index (χ3v) is 7.57. The lowest BCUT2D eigenvalue weighted by molar-refractivity contribution is -0.121. The van der Waals surface area contributed by atoms with E-state index in [1.165, 1.54) is 12.8 Å². The van der Waals surface area contributed by atoms with Gasteiger partial charge in [0, 0.05) is 31.3 Å². The summed E-state index contributed by atoms with van der Waals surface area (Å²) in [6.07, 6.45) is 7.80. The number of amides is 2. The highest BCUT2D eigenvalue weighted by Gasteiger charge is 2.05. The van der Waals surface area contributed by atoms with E-state index in [2.05, 4.69) is 26.1 Å². The smallest absolute Gasteiger partial charge is 0.240 e. The van der Waals surface area contributed by atoms with Crippen LogP contribution in [0.3, 0.4) is 0 Å². The van der Waals surface area contributed by atoms with Gasteiger partial charge in [0.25, 0.3) is 0 Å². The first-order chi connectivity index (χ1) is 18.1. The molecule has 0 unspecified atom stereocenters. The number of nitrogens with one attached hydrogen (secondary N) is 3. The Labute approximate surface area is 228 Å². The Morgan fingerprint density at radius 1 is 0.946 bits per heavy atom. The molecule has 0 radical (unpaired) electrons. The largest absolute Gasteiger partial charge is 0.494 e. The summed E-state index contributed by atoms with van der Waals surface area (Å²) in [5.74, 6) is 1.37. The number of carbonyl (C=O) groups is 2. The number of hydrogen-bond acceptors (Lipinski definition) is 8. The van der Waals surface area contributed by atoms with Crippen molar-refractivity contribution in [3.8, 4) is 5.75 Å². The molecule has 0 aliphatic carbocycles. The number of nitrogens with zero attached hydrogens (tertiary/aromatic N) is 2. The molecule has 0 atom stereocenters. The second kappa shape index (κ2) is 19.5. The SMILES string of the molecule is CNCCCCCCNC(=O)CCCOc1ccc(/C(C)=N/NC(=O)CCSSc2ccccn2)cc1. The van der Waals surface area contributed by atoms with Crippen molar-refractivity contribution in [1.29, 1.82) is 0 Å². The van der Waals surface area contributed by atoms with Gasteiger partial charge in [-0.05, 0) is 92.5 Å². The predicted molar refractivity (Wildman–Crippen MR) is 154 cm³/mol. The number of aromatic nitrogens is 1. The molecule has 3 N–H and O–H groups in total. The van der Waals surface area contributed by atoms with E-state index in [9.17, 15) is 9.59 Å². The molecular formula is C27H39N5O3S2. The fraction of sp³-hybridized carbons (Fsp3) is 0.481. The summed E-state index contributed by atoms with van der Waals surface area (Å²) in [5, 5.41) is 11.2. The third-order valence-electron chi connectivity index (χ3n) is 5.31. The van der Waals surface area contributed by atoms with Crippen LogP contribution in [0.2, 0.25) is 0 Å². The van der Waals surface area contributed by atoms with Crippen LogP contribution in [0.1, 0.15) is 57.4 Å². The standard InChI is InChI=1S/C27H39N5O3S2/c1-22(31-32-26(34)16-21-36-37-27-11-5-8-19-30-27)23-12-14-24(15-13-23)35-20-9-10-25(33)29-18-7-4-3-6-17-28-2/h5,8,11-15,19,28H,3-4,6-7,9-10,16-18,20-21H2,1-2H3,(H,29,33)(H,32,34)/b31-22+. The number of benzene rings is 1. The van der Waals surface area contributed by atoms with Crippen molar-refractivity contribution in [2.24, 2.45) is 5.10 Å². The minimum Gasteiger partial charge on any atom is -0.494 e. The van der Waals surface area contributed by atoms with Gasteiger partial charge in [0.05, 0.1) is 12.3 Å². The molecular weight excluding hydrogens is 506 g/mol. The highest BCUT2D eigenvalue weighted by molar-refractivity contribution is 8.76. The van der Waals surface area contributed by atoms with Crippen molar-refractivity contribution in [1.82, 2.24) is 21.0 Å². The van der Waals surface area contributed by atoms with Crippen molar-refractivity contribution >= 4 is 39.1 Å². The maximum atomic E-state index is 12.1. The van der Waals surface area contributed by atoms with Crippen LogP contribution in [0.5, 0.6) is 5.75 Å². The van der Waals surface area contributed by atoms with E-state index in [-0.39, 0.29) is 11.8 Å². The van der Waals surface area contributed by atoms with Crippen LogP contribution in [0.25, 0.3) is 0 Å². The van der Waals surface area contributed by atoms with Gasteiger partial charge in [0.15, 0.2) is 0 Å². The Morgan fingerprint density at radius 2 is 1.73 bits per heavy atom. The average Bonchev–Trinajstić information content (AvgIpc) is 2.92. The molecule has 0 bridgehead atoms. The quantitative estimate of drug-likeness (QED) is 0.101. The van der Waals surface area contributed by atoms with Gasteiger partial charge in [0.2, 0.25) is 11.8 Å². The lowest BCUT2D eigenvalue weighted by Gasteiger charge is -2.08. The highest BCUT2D eigenvalue weighted by atomic mass is 33.1. The first-order valence-electron chi connectivity index (χ1n) is 12.8. The Balaban J connectivity index is 1.55. The van der Waals surface area contributed by atoms with Gasteiger partial charge in [-0.15, -0.1) is 0 Å². The predicted octanol–water partition coefficient (Wildman–Crippen LogP) is 4.81. The maximum absolute atomic E-state index is 12.1. The third kappa shape index (κ3) is 14.7. The number of pyridine rings is 1. The molecule has 1 heterocycles. The summed E-state index contributed by atoms with van der Waals surface area (Å²) in [4.78, 5) is 28.2. The zero-order valence-corrected chi connectivity index (χ0v) is 23.5. The topological polar surface area (TPSA) is 105 Å². The van der Waals surface area contributed by atoms with Crippen LogP contribution < -0.4 is 20.8 Å². The summed E-state index contributed by atoms with van der Waals surface area (Å²) in [5.41, 5.74) is 4.23. The van der Waals surface area contributed by atoms with Gasteiger partial charge in [-0.3, -0.25) is 9.59 Å². The van der Waals surface area contributed by atoms with Gasteiger partial charge in [0.1, 0.15) is 10.8 Å². The van der Waals surface area contributed by atoms with E-state index in [0.29, 0.717) is 37.3 Å². The molecule has 0 saturated heterocycles. The molecule has 0 aliphatic rings. The Bertz CT molecular complexity index is 943. The molecule has 2 amide bonds. The minimum absolute atomic E-state index is 0.0774. The molecule has 8 nitrogen and oxygen atoms in total. The van der Waals surface area contributed by atoms with E-state index >= 15 is 0 Å². The van der Waals surface area contributed by atoms with Crippen molar-refractivity contribution in [3.63, 3.8) is 0 Å². The van der Waals surface area contributed by atoms with E-state index < -0.39 is 0 Å². The average molecular weight is 546 g/mol. The molecule has 10 heteroatoms. The molecule has 2 rings (SSSR count). The summed E-state index contributed by atoms with van der Waals surface area (Å²) in [7, 11) is 5.11. The van der Waals surface area contributed by atoms with E-state index in [1.807, 2.05) is 56.4 Å². The monoisotopic (exact) mass is 545 g/mol. The number of ether oxygens (including phenoxy) is 1. The van der Waals surface area contributed by atoms with E-state index in [1.54, 1.807) is 27.8 Å². The summed E-state index contributed by atoms with van der Waals surface area (Å²) < 4.78 is 5.75. The van der Waals surface area contributed by atoms with Crippen molar-refractivity contribution in [2.75, 3.05) is 32.5 Å². The maximum Gasteiger partial charge on any atom is 0.240 e. The number of rotatable bonds is 19. The molecule has 2 aromatic rings. The number of carbonyl (C=O) groups excluding carboxylic acids is 2. The zero-order chi connectivity index (χ0) is 26.6. The molecule has 37 heavy (non-hydrogen) atoms. The van der Waals surface area contributed by atoms with Gasteiger partial charge in [-0.2, -0.15) is 5.10 Å². The van der Waals surface area contributed by atoms with Crippen LogP contribution in [0.4, 0.5) is 0 Å². The molecule has 0 aliphatic heterocycles. The van der Waals surface area contributed by atoms with E-state index in [4.69, 9.17) is 4.74 Å². The summed E-state index contributed by atoms with van der Waals surface area (Å²) in [6.45, 7) is 4.12. The number of hydrogen-bond donors (Lipinski definition) is 3. The van der Waals surface area contributed by atoms with E-state index in [0.717, 1.165) is 42.3 Å². The lowest BCUT2D eigenvalue weighted by Crippen LogP contribution is -2.24. The molecule has 1 aromatic heterocycles. The van der Waals surface area contributed by atoms with Crippen LogP contribution >= 0.6 is 21.6 Å². The van der Waals surface area contributed by atoms with Gasteiger partial charge >= 0.3 is 0 Å². The molecule has 202 valence electrons. The fourth-order valence-corrected chi connectivity index (χ4v) is 5.08. The zero-order valence-electron chi connectivity index (χ0n) is 21.8. The first-order valence-corrected chi connectivity index (χ1v) is 15.1. The first kappa shape index (κ1) is 30.7. The number of hydrazone groups is 1. The molecule has 0 spiro atoms. The molecule has 1 aromatic carbocycles. The van der Waals surface area contributed by atoms with Gasteiger partial charge in [-0.25, -0.2) is 10.4 Å². The second-order valence-corrected chi connectivity index (χ2v) is 10.8. The van der Waals surface area contributed by atoms with Crippen molar-refractivity contribution in [3.05, 3.63) is 54.2 Å². The van der Waals surface area contributed by atoms with Crippen molar-refractivity contribution < 1.29 is 14.3 Å². The minimum atomic E-state index is -0.123. The van der Waals surface area contributed by atoms with Crippen LogP contribution in [0, 0.1) is 0 Å².